The first-order chi connectivity index (χ1) is 23.3. The molecule has 47 heavy (non-hydrogen) atoms. The molecule has 0 saturated carbocycles. The summed E-state index contributed by atoms with van der Waals surface area (Å²) in [4.78, 5) is 15.6. The van der Waals surface area contributed by atoms with Crippen molar-refractivity contribution in [3.8, 4) is 45.3 Å². The number of rotatable bonds is 5. The van der Waals surface area contributed by atoms with Crippen LogP contribution in [0.4, 0.5) is 0 Å². The van der Waals surface area contributed by atoms with Crippen LogP contribution in [-0.2, 0) is 0 Å². The van der Waals surface area contributed by atoms with E-state index in [1.165, 1.54) is 22.3 Å². The maximum Gasteiger partial charge on any atom is 0.164 e. The number of aromatic nitrogens is 3. The van der Waals surface area contributed by atoms with Crippen molar-refractivity contribution in [2.24, 2.45) is 0 Å². The van der Waals surface area contributed by atoms with Gasteiger partial charge in [-0.1, -0.05) is 133 Å². The molecule has 2 heterocycles. The van der Waals surface area contributed by atoms with Gasteiger partial charge in [0, 0.05) is 27.5 Å². The van der Waals surface area contributed by atoms with Gasteiger partial charge in [0.1, 0.15) is 11.2 Å². The molecule has 0 N–H and O–H groups in total. The maximum absolute atomic E-state index is 6.26. The smallest absolute Gasteiger partial charge is 0.164 e. The number of fused-ring (bicyclic) bond motifs is 4. The first-order valence-corrected chi connectivity index (χ1v) is 16.0. The Balaban J connectivity index is 1.31. The Morgan fingerprint density at radius 3 is 2.06 bits per heavy atom. The summed E-state index contributed by atoms with van der Waals surface area (Å²) in [5, 5.41) is 4.29. The highest BCUT2D eigenvalue weighted by Crippen LogP contribution is 2.39. The standard InChI is InChI=1S/C43H29N3O/c1-3-13-28(14-4-1)33-26-25-31(27-37(33)30-15-5-2-6-16-30)41-44-42(34-21-11-18-29-17-7-8-19-32(29)34)46-43(45-41)36-22-12-24-39-40(36)35-20-9-10-23-38(35)47-39/h1-5,7-15,17-27H,6,16H2. The number of nitrogens with zero attached hydrogens (tertiary/aromatic N) is 3. The summed E-state index contributed by atoms with van der Waals surface area (Å²) >= 11 is 0. The Hall–Kier alpha value is -6.13. The summed E-state index contributed by atoms with van der Waals surface area (Å²) in [5.41, 5.74) is 9.39. The molecule has 6 aromatic carbocycles. The summed E-state index contributed by atoms with van der Waals surface area (Å²) in [6, 6.07) is 46.1. The predicted octanol–water partition coefficient (Wildman–Crippen LogP) is 11.3. The van der Waals surface area contributed by atoms with Crippen LogP contribution < -0.4 is 0 Å². The fraction of sp³-hybridized carbons (Fsp3) is 0.0465. The third-order valence-electron chi connectivity index (χ3n) is 9.03. The zero-order valence-electron chi connectivity index (χ0n) is 25.6. The minimum absolute atomic E-state index is 0.614. The number of allylic oxidation sites excluding steroid dienone is 4. The second kappa shape index (κ2) is 11.3. The van der Waals surface area contributed by atoms with Crippen molar-refractivity contribution in [1.29, 1.82) is 0 Å². The quantitative estimate of drug-likeness (QED) is 0.196. The fourth-order valence-electron chi connectivity index (χ4n) is 6.77. The van der Waals surface area contributed by atoms with Gasteiger partial charge in [-0.05, 0) is 64.1 Å². The average Bonchev–Trinajstić information content (AvgIpc) is 3.54. The topological polar surface area (TPSA) is 51.8 Å². The summed E-state index contributed by atoms with van der Waals surface area (Å²) in [6.45, 7) is 0. The van der Waals surface area contributed by atoms with E-state index in [2.05, 4.69) is 121 Å². The van der Waals surface area contributed by atoms with E-state index < -0.39 is 0 Å². The molecular formula is C43H29N3O. The van der Waals surface area contributed by atoms with Crippen LogP contribution in [0.5, 0.6) is 0 Å². The molecule has 222 valence electrons. The number of para-hydroxylation sites is 1. The SMILES string of the molecule is C1=CCCC(c2cc(-c3nc(-c4cccc5ccccc45)nc(-c4cccc5oc6ccccc6c45)n3)ccc2-c2ccccc2)=C1. The Kier molecular flexibility index (Phi) is 6.57. The van der Waals surface area contributed by atoms with Crippen LogP contribution in [0.15, 0.2) is 156 Å². The third-order valence-corrected chi connectivity index (χ3v) is 9.03. The monoisotopic (exact) mass is 603 g/mol. The highest BCUT2D eigenvalue weighted by molar-refractivity contribution is 6.11. The minimum Gasteiger partial charge on any atom is -0.456 e. The molecule has 8 aromatic rings. The summed E-state index contributed by atoms with van der Waals surface area (Å²) in [6.07, 6.45) is 8.63. The predicted molar refractivity (Wildman–Crippen MR) is 193 cm³/mol. The molecule has 0 aliphatic heterocycles. The summed E-state index contributed by atoms with van der Waals surface area (Å²) in [7, 11) is 0. The first-order valence-electron chi connectivity index (χ1n) is 16.0. The van der Waals surface area contributed by atoms with Crippen molar-refractivity contribution in [2.75, 3.05) is 0 Å². The van der Waals surface area contributed by atoms with E-state index >= 15 is 0 Å². The van der Waals surface area contributed by atoms with Crippen LogP contribution in [0.3, 0.4) is 0 Å². The van der Waals surface area contributed by atoms with E-state index in [-0.39, 0.29) is 0 Å². The van der Waals surface area contributed by atoms with Crippen molar-refractivity contribution >= 4 is 38.3 Å². The van der Waals surface area contributed by atoms with Crippen molar-refractivity contribution < 1.29 is 4.42 Å². The molecule has 0 saturated heterocycles. The van der Waals surface area contributed by atoms with Crippen LogP contribution in [0.25, 0.3) is 83.6 Å². The van der Waals surface area contributed by atoms with Gasteiger partial charge < -0.3 is 4.42 Å². The van der Waals surface area contributed by atoms with Crippen molar-refractivity contribution in [3.05, 3.63) is 157 Å². The van der Waals surface area contributed by atoms with E-state index in [0.29, 0.717) is 17.5 Å². The van der Waals surface area contributed by atoms with E-state index in [9.17, 15) is 0 Å². The van der Waals surface area contributed by atoms with E-state index in [4.69, 9.17) is 19.4 Å². The van der Waals surface area contributed by atoms with Crippen LogP contribution in [0, 0.1) is 0 Å². The van der Waals surface area contributed by atoms with Gasteiger partial charge in [-0.3, -0.25) is 0 Å². The third kappa shape index (κ3) is 4.82. The molecule has 0 amide bonds. The lowest BCUT2D eigenvalue weighted by Crippen LogP contribution is -2.02. The lowest BCUT2D eigenvalue weighted by molar-refractivity contribution is 0.669. The first kappa shape index (κ1) is 27.2. The molecule has 1 aliphatic carbocycles. The highest BCUT2D eigenvalue weighted by Gasteiger charge is 2.20. The number of benzene rings is 6. The molecule has 0 radical (unpaired) electrons. The van der Waals surface area contributed by atoms with Crippen molar-refractivity contribution in [1.82, 2.24) is 15.0 Å². The average molecular weight is 604 g/mol. The van der Waals surface area contributed by atoms with Gasteiger partial charge >= 0.3 is 0 Å². The molecular weight excluding hydrogens is 574 g/mol. The number of hydrogen-bond donors (Lipinski definition) is 0. The Morgan fingerprint density at radius 1 is 0.489 bits per heavy atom. The van der Waals surface area contributed by atoms with Gasteiger partial charge in [0.2, 0.25) is 0 Å². The zero-order chi connectivity index (χ0) is 31.2. The van der Waals surface area contributed by atoms with Gasteiger partial charge in [0.15, 0.2) is 17.5 Å². The lowest BCUT2D eigenvalue weighted by Gasteiger charge is -2.17. The van der Waals surface area contributed by atoms with Gasteiger partial charge in [0.05, 0.1) is 0 Å². The van der Waals surface area contributed by atoms with Crippen molar-refractivity contribution in [2.45, 2.75) is 12.8 Å². The van der Waals surface area contributed by atoms with Crippen LogP contribution in [0.1, 0.15) is 18.4 Å². The normalized spacial score (nSPS) is 13.0. The van der Waals surface area contributed by atoms with Crippen LogP contribution in [0.2, 0.25) is 0 Å². The molecule has 9 rings (SSSR count). The van der Waals surface area contributed by atoms with E-state index in [0.717, 1.165) is 62.2 Å². The molecule has 2 aromatic heterocycles. The molecule has 1 aliphatic rings. The number of hydrogen-bond acceptors (Lipinski definition) is 4. The largest absolute Gasteiger partial charge is 0.456 e. The maximum atomic E-state index is 6.26. The molecule has 0 atom stereocenters. The van der Waals surface area contributed by atoms with E-state index in [1.807, 2.05) is 30.3 Å². The van der Waals surface area contributed by atoms with Gasteiger partial charge in [-0.2, -0.15) is 0 Å². The second-order valence-electron chi connectivity index (χ2n) is 11.9. The van der Waals surface area contributed by atoms with Crippen LogP contribution >= 0.6 is 0 Å². The van der Waals surface area contributed by atoms with Gasteiger partial charge in [-0.15, -0.1) is 0 Å². The molecule has 0 fully saturated rings. The molecule has 4 nitrogen and oxygen atoms in total. The number of furan rings is 1. The summed E-state index contributed by atoms with van der Waals surface area (Å²) < 4.78 is 6.26. The van der Waals surface area contributed by atoms with Gasteiger partial charge in [-0.25, -0.2) is 15.0 Å². The second-order valence-corrected chi connectivity index (χ2v) is 11.9. The molecule has 4 heteroatoms. The van der Waals surface area contributed by atoms with Crippen molar-refractivity contribution in [3.63, 3.8) is 0 Å². The molecule has 0 spiro atoms. The highest BCUT2D eigenvalue weighted by atomic mass is 16.3. The molecule has 0 unspecified atom stereocenters. The summed E-state index contributed by atoms with van der Waals surface area (Å²) in [5.74, 6) is 1.89. The Labute approximate surface area is 272 Å². The van der Waals surface area contributed by atoms with Gasteiger partial charge in [0.25, 0.3) is 0 Å². The Bertz CT molecular complexity index is 2520. The van der Waals surface area contributed by atoms with Crippen LogP contribution in [-0.4, -0.2) is 15.0 Å². The minimum atomic E-state index is 0.614. The zero-order valence-corrected chi connectivity index (χ0v) is 25.6. The molecule has 0 bridgehead atoms. The van der Waals surface area contributed by atoms with E-state index in [1.54, 1.807) is 0 Å². The lowest BCUT2D eigenvalue weighted by atomic mass is 9.89. The Morgan fingerprint density at radius 2 is 1.19 bits per heavy atom. The fourth-order valence-corrected chi connectivity index (χ4v) is 6.77.